The lowest BCUT2D eigenvalue weighted by Gasteiger charge is -2.37. The molecule has 0 aromatic rings. The minimum atomic E-state index is -3.59. The van der Waals surface area contributed by atoms with Crippen molar-refractivity contribution in [3.8, 4) is 0 Å². The summed E-state index contributed by atoms with van der Waals surface area (Å²) in [6.07, 6.45) is 0. The molecule has 1 heterocycles. The number of nitrogens with one attached hydrogen (secondary N) is 6. The maximum absolute atomic E-state index is 5.54. The Labute approximate surface area is 279 Å². The normalized spacial score (nSPS) is 15.3. The quantitative estimate of drug-likeness (QED) is 0.112. The SMILES string of the molecule is CCOC(=S)NP1(NC(=S)OCC)=NP(NC(=S)OCC)(NC(=S)OCC)=NP(NC(=S)OCC)(NC(=S)OCC)=N1. The third kappa shape index (κ3) is 13.2. The predicted octanol–water partition coefficient (Wildman–Crippen LogP) is 5.30. The molecule has 1 rings (SSSR count). The molecule has 24 heteroatoms. The maximum Gasteiger partial charge on any atom is 0.274 e. The van der Waals surface area contributed by atoms with Crippen molar-refractivity contribution in [3.63, 3.8) is 0 Å². The minimum absolute atomic E-state index is 0.0391. The van der Waals surface area contributed by atoms with Crippen LogP contribution >= 0.6 is 95.8 Å². The van der Waals surface area contributed by atoms with Crippen LogP contribution in [0.4, 0.5) is 0 Å². The van der Waals surface area contributed by atoms with Crippen LogP contribution < -0.4 is 30.5 Å². The van der Waals surface area contributed by atoms with Crippen molar-refractivity contribution in [1.29, 1.82) is 0 Å². The summed E-state index contributed by atoms with van der Waals surface area (Å²) in [5.74, 6) is 0. The predicted molar refractivity (Wildman–Crippen MR) is 192 cm³/mol. The lowest BCUT2D eigenvalue weighted by Crippen LogP contribution is -2.38. The van der Waals surface area contributed by atoms with Crippen molar-refractivity contribution in [3.05, 3.63) is 0 Å². The summed E-state index contributed by atoms with van der Waals surface area (Å²) in [5, 5.41) is 18.1. The van der Waals surface area contributed by atoms with Crippen molar-refractivity contribution < 1.29 is 28.4 Å². The first-order valence-electron chi connectivity index (χ1n) is 12.5. The molecule has 0 fully saturated rings. The number of thiocarbonyl (C=S) groups is 6. The molecule has 0 aromatic carbocycles. The summed E-state index contributed by atoms with van der Waals surface area (Å²) in [6, 6.07) is 0. The molecule has 0 aromatic heterocycles. The second-order valence-corrected chi connectivity index (χ2v) is 16.4. The molecule has 0 aliphatic carbocycles. The van der Waals surface area contributed by atoms with Gasteiger partial charge in [0.05, 0.1) is 39.6 Å². The highest BCUT2D eigenvalue weighted by Gasteiger charge is 2.42. The molecule has 0 saturated carbocycles. The monoisotopic (exact) mass is 759 g/mol. The molecule has 0 saturated heterocycles. The fourth-order valence-electron chi connectivity index (χ4n) is 2.71. The maximum atomic E-state index is 5.54. The molecule has 6 N–H and O–H groups in total. The summed E-state index contributed by atoms with van der Waals surface area (Å²) in [7, 11) is -10.8. The number of nitrogens with zero attached hydrogens (tertiary/aromatic N) is 3. The first-order chi connectivity index (χ1) is 19.8. The van der Waals surface area contributed by atoms with Gasteiger partial charge in [-0.15, -0.1) is 0 Å². The summed E-state index contributed by atoms with van der Waals surface area (Å²) >= 11 is 32.7. The molecule has 15 nitrogen and oxygen atoms in total. The summed E-state index contributed by atoms with van der Waals surface area (Å²) < 4.78 is 48.2. The molecule has 240 valence electrons. The Morgan fingerprint density at radius 3 is 0.643 bits per heavy atom. The third-order valence-corrected chi connectivity index (χ3v) is 15.4. The van der Waals surface area contributed by atoms with Gasteiger partial charge in [-0.3, -0.25) is 30.5 Å². The van der Waals surface area contributed by atoms with E-state index >= 15 is 0 Å². The van der Waals surface area contributed by atoms with E-state index in [4.69, 9.17) is 115 Å². The van der Waals surface area contributed by atoms with E-state index in [1.54, 1.807) is 41.5 Å². The van der Waals surface area contributed by atoms with Crippen LogP contribution in [0.25, 0.3) is 0 Å². The fraction of sp³-hybridized carbons (Fsp3) is 0.667. The Morgan fingerprint density at radius 2 is 0.524 bits per heavy atom. The molecule has 0 unspecified atom stereocenters. The summed E-state index contributed by atoms with van der Waals surface area (Å²) in [5.41, 5.74) is 0. The molecule has 0 radical (unpaired) electrons. The fourth-order valence-corrected chi connectivity index (χ4v) is 15.8. The smallest absolute Gasteiger partial charge is 0.274 e. The zero-order valence-electron chi connectivity index (χ0n) is 23.8. The lowest BCUT2D eigenvalue weighted by atomic mass is 10.9. The Hall–Kier alpha value is -1.17. The Balaban J connectivity index is 4.29. The molecule has 0 spiro atoms. The van der Waals surface area contributed by atoms with Crippen molar-refractivity contribution in [2.75, 3.05) is 39.6 Å². The second kappa shape index (κ2) is 19.3. The number of rotatable bonds is 12. The van der Waals surface area contributed by atoms with Crippen LogP contribution in [0.2, 0.25) is 0 Å². The third-order valence-electron chi connectivity index (χ3n) is 3.91. The first-order valence-corrected chi connectivity index (χ1v) is 20.0. The Morgan fingerprint density at radius 1 is 0.381 bits per heavy atom. The van der Waals surface area contributed by atoms with Gasteiger partial charge in [0, 0.05) is 0 Å². The van der Waals surface area contributed by atoms with Crippen LogP contribution in [0.1, 0.15) is 41.5 Å². The van der Waals surface area contributed by atoms with E-state index in [0.29, 0.717) is 0 Å². The van der Waals surface area contributed by atoms with Crippen molar-refractivity contribution in [2.24, 2.45) is 13.5 Å². The number of ether oxygens (including phenoxy) is 6. The van der Waals surface area contributed by atoms with E-state index in [0.717, 1.165) is 0 Å². The van der Waals surface area contributed by atoms with Gasteiger partial charge < -0.3 is 28.4 Å². The van der Waals surface area contributed by atoms with Gasteiger partial charge in [0.25, 0.3) is 53.6 Å². The molecular formula is C18H36N9O6P3S6. The first kappa shape index (κ1) is 38.9. The van der Waals surface area contributed by atoms with Gasteiger partial charge in [-0.2, -0.15) is 13.5 Å². The standard InChI is InChI=1S/C18H36N9O6P3S6/c1-7-28-13(37)19-34(20-14(38)29-8-2)25-35(21-15(39)30-9-3,22-16(40)31-10-4)27-36(26-34,23-17(41)32-11-5)24-18(42)33-12-6/h7-12H2,1-6H3,(H,19,37)(H,20,38)(H,21,39)(H,22,40)(H,23,41)(H,24,42). The molecule has 1 aliphatic rings. The molecular weight excluding hydrogens is 724 g/mol. The average Bonchev–Trinajstić information content (AvgIpc) is 2.83. The topological polar surface area (TPSA) is 165 Å². The van der Waals surface area contributed by atoms with Gasteiger partial charge in [-0.25, -0.2) is 0 Å². The van der Waals surface area contributed by atoms with Crippen molar-refractivity contribution in [2.45, 2.75) is 41.5 Å². The highest BCUT2D eigenvalue weighted by molar-refractivity contribution is 7.90. The zero-order chi connectivity index (χ0) is 31.8. The van der Waals surface area contributed by atoms with Gasteiger partial charge in [-0.1, -0.05) is 0 Å². The van der Waals surface area contributed by atoms with E-state index in [1.165, 1.54) is 0 Å². The van der Waals surface area contributed by atoms with Gasteiger partial charge in [0.1, 0.15) is 0 Å². The van der Waals surface area contributed by atoms with E-state index in [9.17, 15) is 0 Å². The minimum Gasteiger partial charge on any atom is -0.471 e. The molecule has 0 bridgehead atoms. The van der Waals surface area contributed by atoms with Crippen LogP contribution in [0.5, 0.6) is 0 Å². The average molecular weight is 760 g/mol. The largest absolute Gasteiger partial charge is 0.471 e. The highest BCUT2D eigenvalue weighted by Crippen LogP contribution is 2.71. The van der Waals surface area contributed by atoms with Gasteiger partial charge >= 0.3 is 0 Å². The van der Waals surface area contributed by atoms with Crippen LogP contribution in [0.3, 0.4) is 0 Å². The van der Waals surface area contributed by atoms with Crippen LogP contribution in [-0.2, 0) is 28.4 Å². The zero-order valence-corrected chi connectivity index (χ0v) is 31.4. The van der Waals surface area contributed by atoms with Crippen LogP contribution in [0, 0.1) is 0 Å². The molecule has 0 amide bonds. The van der Waals surface area contributed by atoms with Crippen LogP contribution in [-0.4, -0.2) is 70.7 Å². The molecule has 0 atom stereocenters. The van der Waals surface area contributed by atoms with Gasteiger partial charge in [0.15, 0.2) is 0 Å². The van der Waals surface area contributed by atoms with E-state index < -0.39 is 22.5 Å². The van der Waals surface area contributed by atoms with Crippen molar-refractivity contribution >= 4 is 127 Å². The summed E-state index contributed by atoms with van der Waals surface area (Å²) in [4.78, 5) is 0. The highest BCUT2D eigenvalue weighted by atomic mass is 32.1. The summed E-state index contributed by atoms with van der Waals surface area (Å²) in [6.45, 7) is 12.1. The Kier molecular flexibility index (Phi) is 17.8. The van der Waals surface area contributed by atoms with Crippen molar-refractivity contribution in [1.82, 2.24) is 30.5 Å². The number of hydrogen-bond acceptors (Lipinski definition) is 15. The van der Waals surface area contributed by atoms with Gasteiger partial charge in [-0.05, 0) is 115 Å². The van der Waals surface area contributed by atoms with Crippen LogP contribution in [0.15, 0.2) is 13.5 Å². The number of hydrogen-bond donors (Lipinski definition) is 6. The Bertz CT molecular complexity index is 976. The molecule has 1 aliphatic heterocycles. The van der Waals surface area contributed by atoms with E-state index in [2.05, 4.69) is 30.5 Å². The molecule has 42 heavy (non-hydrogen) atoms. The van der Waals surface area contributed by atoms with E-state index in [1.807, 2.05) is 0 Å². The second-order valence-electron chi connectivity index (χ2n) is 7.07. The van der Waals surface area contributed by atoms with E-state index in [-0.39, 0.29) is 70.7 Å². The van der Waals surface area contributed by atoms with Gasteiger partial charge in [0.2, 0.25) is 0 Å². The lowest BCUT2D eigenvalue weighted by molar-refractivity contribution is 0.325.